The summed E-state index contributed by atoms with van der Waals surface area (Å²) in [6.45, 7) is 3.18. The SMILES string of the molecule is O=C(c1ccc(S(=O)(=O)C2CCCC2)cc1)N1CCCNCC1. The van der Waals surface area contributed by atoms with Crippen LogP contribution in [0.2, 0.25) is 0 Å². The van der Waals surface area contributed by atoms with Crippen molar-refractivity contribution in [2.45, 2.75) is 42.2 Å². The molecule has 1 saturated heterocycles. The number of carbonyl (C=O) groups is 1. The summed E-state index contributed by atoms with van der Waals surface area (Å²) in [5.41, 5.74) is 0.567. The van der Waals surface area contributed by atoms with Gasteiger partial charge in [-0.1, -0.05) is 12.8 Å². The summed E-state index contributed by atoms with van der Waals surface area (Å²) in [5, 5.41) is 3.02. The van der Waals surface area contributed by atoms with E-state index in [4.69, 9.17) is 0 Å². The van der Waals surface area contributed by atoms with Gasteiger partial charge in [-0.15, -0.1) is 0 Å². The molecule has 0 radical (unpaired) electrons. The van der Waals surface area contributed by atoms with Crippen molar-refractivity contribution in [3.8, 4) is 0 Å². The van der Waals surface area contributed by atoms with Crippen LogP contribution in [0.4, 0.5) is 0 Å². The minimum absolute atomic E-state index is 0.0153. The number of nitrogens with zero attached hydrogens (tertiary/aromatic N) is 1. The Balaban J connectivity index is 1.75. The van der Waals surface area contributed by atoms with Crippen molar-refractivity contribution in [1.29, 1.82) is 0 Å². The number of sulfone groups is 1. The number of rotatable bonds is 3. The van der Waals surface area contributed by atoms with Gasteiger partial charge in [0.2, 0.25) is 0 Å². The van der Waals surface area contributed by atoms with E-state index in [-0.39, 0.29) is 11.2 Å². The first-order valence-corrected chi connectivity index (χ1v) is 9.97. The van der Waals surface area contributed by atoms with Crippen LogP contribution >= 0.6 is 0 Å². The van der Waals surface area contributed by atoms with Crippen molar-refractivity contribution in [2.75, 3.05) is 26.2 Å². The Morgan fingerprint density at radius 3 is 2.39 bits per heavy atom. The third kappa shape index (κ3) is 3.58. The minimum Gasteiger partial charge on any atom is -0.337 e. The van der Waals surface area contributed by atoms with Crippen LogP contribution < -0.4 is 5.32 Å². The van der Waals surface area contributed by atoms with E-state index < -0.39 is 9.84 Å². The van der Waals surface area contributed by atoms with Crippen molar-refractivity contribution in [2.24, 2.45) is 0 Å². The summed E-state index contributed by atoms with van der Waals surface area (Å²) >= 11 is 0. The first-order valence-electron chi connectivity index (χ1n) is 8.43. The van der Waals surface area contributed by atoms with Gasteiger partial charge in [0, 0.05) is 25.2 Å². The molecule has 2 fully saturated rings. The maximum Gasteiger partial charge on any atom is 0.253 e. The molecule has 5 nitrogen and oxygen atoms in total. The molecule has 3 rings (SSSR count). The lowest BCUT2D eigenvalue weighted by Crippen LogP contribution is -2.34. The first kappa shape index (κ1) is 16.5. The van der Waals surface area contributed by atoms with Gasteiger partial charge >= 0.3 is 0 Å². The van der Waals surface area contributed by atoms with Crippen molar-refractivity contribution in [3.05, 3.63) is 29.8 Å². The molecule has 6 heteroatoms. The summed E-state index contributed by atoms with van der Waals surface area (Å²) in [5.74, 6) is -0.0153. The summed E-state index contributed by atoms with van der Waals surface area (Å²) < 4.78 is 25.1. The summed E-state index contributed by atoms with van der Waals surface area (Å²) in [6.07, 6.45) is 4.43. The molecule has 1 amide bonds. The van der Waals surface area contributed by atoms with Gasteiger partial charge in [0.15, 0.2) is 9.84 Å². The van der Waals surface area contributed by atoms with E-state index in [9.17, 15) is 13.2 Å². The molecule has 1 aromatic carbocycles. The van der Waals surface area contributed by atoms with Crippen LogP contribution in [0.25, 0.3) is 0 Å². The van der Waals surface area contributed by atoms with E-state index in [1.807, 2.05) is 4.90 Å². The van der Waals surface area contributed by atoms with Crippen LogP contribution in [0.15, 0.2) is 29.2 Å². The van der Waals surface area contributed by atoms with E-state index in [0.29, 0.717) is 17.0 Å². The highest BCUT2D eigenvalue weighted by atomic mass is 32.2. The molecule has 0 atom stereocenters. The highest BCUT2D eigenvalue weighted by Gasteiger charge is 2.30. The molecule has 1 heterocycles. The van der Waals surface area contributed by atoms with E-state index in [2.05, 4.69) is 5.32 Å². The molecule has 1 saturated carbocycles. The molecule has 23 heavy (non-hydrogen) atoms. The molecule has 1 aliphatic carbocycles. The van der Waals surface area contributed by atoms with Gasteiger partial charge in [-0.05, 0) is 50.1 Å². The van der Waals surface area contributed by atoms with Crippen LogP contribution in [0, 0.1) is 0 Å². The van der Waals surface area contributed by atoms with Crippen LogP contribution in [-0.4, -0.2) is 50.7 Å². The Hall–Kier alpha value is -1.40. The van der Waals surface area contributed by atoms with Crippen LogP contribution in [0.1, 0.15) is 42.5 Å². The molecule has 2 aliphatic rings. The average molecular weight is 336 g/mol. The topological polar surface area (TPSA) is 66.5 Å². The zero-order valence-corrected chi connectivity index (χ0v) is 14.1. The second-order valence-electron chi connectivity index (χ2n) is 6.37. The molecular formula is C17H24N2O3S. The molecule has 0 aromatic heterocycles. The second kappa shape index (κ2) is 7.01. The fraction of sp³-hybridized carbons (Fsp3) is 0.588. The number of amides is 1. The molecule has 0 spiro atoms. The molecule has 0 unspecified atom stereocenters. The zero-order chi connectivity index (χ0) is 16.3. The number of hydrogen-bond donors (Lipinski definition) is 1. The Morgan fingerprint density at radius 2 is 1.70 bits per heavy atom. The highest BCUT2D eigenvalue weighted by molar-refractivity contribution is 7.92. The van der Waals surface area contributed by atoms with Gasteiger partial charge < -0.3 is 10.2 Å². The fourth-order valence-corrected chi connectivity index (χ4v) is 5.26. The molecule has 1 N–H and O–H groups in total. The predicted molar refractivity (Wildman–Crippen MR) is 89.3 cm³/mol. The van der Waals surface area contributed by atoms with Crippen molar-refractivity contribution in [3.63, 3.8) is 0 Å². The number of nitrogens with one attached hydrogen (secondary N) is 1. The largest absolute Gasteiger partial charge is 0.337 e. The number of hydrogen-bond acceptors (Lipinski definition) is 4. The van der Waals surface area contributed by atoms with Gasteiger partial charge in [0.1, 0.15) is 0 Å². The minimum atomic E-state index is -3.25. The normalized spacial score (nSPS) is 20.4. The van der Waals surface area contributed by atoms with Crippen LogP contribution in [0.5, 0.6) is 0 Å². The van der Waals surface area contributed by atoms with Gasteiger partial charge in [-0.3, -0.25) is 4.79 Å². The molecular weight excluding hydrogens is 312 g/mol. The molecule has 126 valence electrons. The summed E-state index contributed by atoms with van der Waals surface area (Å²) in [4.78, 5) is 14.7. The standard InChI is InChI=1S/C17H24N2O3S/c20-17(19-12-3-10-18-11-13-19)14-6-8-16(9-7-14)23(21,22)15-4-1-2-5-15/h6-9,15,18H,1-5,10-13H2. The monoisotopic (exact) mass is 336 g/mol. The van der Waals surface area contributed by atoms with Gasteiger partial charge in [0.05, 0.1) is 10.1 Å². The van der Waals surface area contributed by atoms with Crippen molar-refractivity contribution >= 4 is 15.7 Å². The lowest BCUT2D eigenvalue weighted by Gasteiger charge is -2.20. The van der Waals surface area contributed by atoms with Crippen LogP contribution in [-0.2, 0) is 9.84 Å². The Labute approximate surface area is 138 Å². The van der Waals surface area contributed by atoms with Gasteiger partial charge in [0.25, 0.3) is 5.91 Å². The average Bonchev–Trinajstić information content (AvgIpc) is 2.98. The lowest BCUT2D eigenvalue weighted by atomic mass is 10.2. The summed E-state index contributed by atoms with van der Waals surface area (Å²) in [6, 6.07) is 6.50. The van der Waals surface area contributed by atoms with Gasteiger partial charge in [-0.2, -0.15) is 0 Å². The fourth-order valence-electron chi connectivity index (χ4n) is 3.41. The number of carbonyl (C=O) groups excluding carboxylic acids is 1. The zero-order valence-electron chi connectivity index (χ0n) is 13.3. The highest BCUT2D eigenvalue weighted by Crippen LogP contribution is 2.29. The van der Waals surface area contributed by atoms with Crippen molar-refractivity contribution < 1.29 is 13.2 Å². The predicted octanol–water partition coefficient (Wildman–Crippen LogP) is 1.84. The second-order valence-corrected chi connectivity index (χ2v) is 8.60. The quantitative estimate of drug-likeness (QED) is 0.915. The Bertz CT molecular complexity index is 641. The summed E-state index contributed by atoms with van der Waals surface area (Å²) in [7, 11) is -3.25. The van der Waals surface area contributed by atoms with Gasteiger partial charge in [-0.25, -0.2) is 8.42 Å². The van der Waals surface area contributed by atoms with E-state index >= 15 is 0 Å². The number of benzene rings is 1. The van der Waals surface area contributed by atoms with Crippen molar-refractivity contribution in [1.82, 2.24) is 10.2 Å². The Morgan fingerprint density at radius 1 is 1.00 bits per heavy atom. The third-order valence-electron chi connectivity index (χ3n) is 4.80. The van der Waals surface area contributed by atoms with E-state index in [1.54, 1.807) is 24.3 Å². The maximum atomic E-state index is 12.6. The van der Waals surface area contributed by atoms with E-state index in [0.717, 1.165) is 51.7 Å². The third-order valence-corrected chi connectivity index (χ3v) is 7.08. The smallest absolute Gasteiger partial charge is 0.253 e. The first-order chi connectivity index (χ1) is 11.1. The lowest BCUT2D eigenvalue weighted by molar-refractivity contribution is 0.0766. The maximum absolute atomic E-state index is 12.6. The molecule has 1 aliphatic heterocycles. The van der Waals surface area contributed by atoms with Crippen LogP contribution in [0.3, 0.4) is 0 Å². The Kier molecular flexibility index (Phi) is 5.02. The van der Waals surface area contributed by atoms with E-state index in [1.165, 1.54) is 0 Å². The molecule has 1 aromatic rings. The molecule has 0 bridgehead atoms.